The summed E-state index contributed by atoms with van der Waals surface area (Å²) in [5.41, 5.74) is 1.93. The highest BCUT2D eigenvalue weighted by Crippen LogP contribution is 2.31. The first-order chi connectivity index (χ1) is 10.2. The van der Waals surface area contributed by atoms with Gasteiger partial charge in [0, 0.05) is 12.6 Å². The molecule has 1 aromatic carbocycles. The second-order valence-electron chi connectivity index (χ2n) is 5.84. The van der Waals surface area contributed by atoms with Gasteiger partial charge < -0.3 is 4.52 Å². The summed E-state index contributed by atoms with van der Waals surface area (Å²) in [4.78, 5) is 2.39. The average molecular weight is 288 g/mol. The van der Waals surface area contributed by atoms with Crippen molar-refractivity contribution < 1.29 is 8.91 Å². The van der Waals surface area contributed by atoms with E-state index in [0.29, 0.717) is 0 Å². The summed E-state index contributed by atoms with van der Waals surface area (Å²) in [6.45, 7) is 3.71. The van der Waals surface area contributed by atoms with E-state index in [-0.39, 0.29) is 11.9 Å². The minimum Gasteiger partial charge on any atom is -0.359 e. The van der Waals surface area contributed by atoms with Crippen LogP contribution >= 0.6 is 0 Å². The summed E-state index contributed by atoms with van der Waals surface area (Å²) in [5, 5.41) is 4.02. The number of aromatic nitrogens is 1. The molecule has 0 bridgehead atoms. The quantitative estimate of drug-likeness (QED) is 0.846. The Morgan fingerprint density at radius 2 is 2.19 bits per heavy atom. The van der Waals surface area contributed by atoms with E-state index in [9.17, 15) is 4.39 Å². The zero-order valence-electron chi connectivity index (χ0n) is 12.4. The number of hydrogen-bond acceptors (Lipinski definition) is 3. The normalized spacial score (nSPS) is 20.4. The molecule has 1 fully saturated rings. The first-order valence-electron chi connectivity index (χ1n) is 7.64. The van der Waals surface area contributed by atoms with E-state index in [1.54, 1.807) is 12.1 Å². The van der Waals surface area contributed by atoms with Crippen LogP contribution in [0.2, 0.25) is 0 Å². The summed E-state index contributed by atoms with van der Waals surface area (Å²) in [6, 6.07) is 9.13. The largest absolute Gasteiger partial charge is 0.359 e. The van der Waals surface area contributed by atoms with E-state index in [1.165, 1.54) is 25.3 Å². The Balaban J connectivity index is 1.81. The number of likely N-dealkylation sites (tertiary alicyclic amines) is 1. The molecule has 0 amide bonds. The zero-order valence-corrected chi connectivity index (χ0v) is 12.4. The van der Waals surface area contributed by atoms with Crippen LogP contribution in [0.4, 0.5) is 4.39 Å². The number of aryl methyl sites for hydroxylation is 1. The maximum atomic E-state index is 13.4. The Hall–Kier alpha value is -1.68. The molecule has 2 aromatic rings. The van der Waals surface area contributed by atoms with Crippen molar-refractivity contribution in [2.24, 2.45) is 0 Å². The van der Waals surface area contributed by atoms with Gasteiger partial charge in [0.2, 0.25) is 0 Å². The highest BCUT2D eigenvalue weighted by molar-refractivity contribution is 5.17. The molecule has 0 unspecified atom stereocenters. The minimum atomic E-state index is -0.172. The summed E-state index contributed by atoms with van der Waals surface area (Å²) < 4.78 is 18.9. The topological polar surface area (TPSA) is 29.3 Å². The van der Waals surface area contributed by atoms with Gasteiger partial charge in [-0.25, -0.2) is 4.39 Å². The Morgan fingerprint density at radius 1 is 1.29 bits per heavy atom. The van der Waals surface area contributed by atoms with Crippen molar-refractivity contribution in [2.75, 3.05) is 6.54 Å². The summed E-state index contributed by atoms with van der Waals surface area (Å²) in [5.74, 6) is 0.764. The molecule has 0 spiro atoms. The van der Waals surface area contributed by atoms with Gasteiger partial charge in [-0.05, 0) is 44.0 Å². The highest BCUT2D eigenvalue weighted by atomic mass is 19.1. The van der Waals surface area contributed by atoms with Gasteiger partial charge in [0.25, 0.3) is 0 Å². The minimum absolute atomic E-state index is 0.172. The van der Waals surface area contributed by atoms with E-state index in [0.717, 1.165) is 36.5 Å². The molecule has 21 heavy (non-hydrogen) atoms. The number of hydrogen-bond donors (Lipinski definition) is 0. The van der Waals surface area contributed by atoms with E-state index in [4.69, 9.17) is 4.52 Å². The smallest absolute Gasteiger partial charge is 0.154 e. The van der Waals surface area contributed by atoms with Crippen LogP contribution in [-0.4, -0.2) is 16.6 Å². The lowest BCUT2D eigenvalue weighted by molar-refractivity contribution is 0.160. The van der Waals surface area contributed by atoms with Crippen molar-refractivity contribution >= 4 is 0 Å². The van der Waals surface area contributed by atoms with Gasteiger partial charge in [-0.15, -0.1) is 0 Å². The lowest BCUT2D eigenvalue weighted by atomic mass is 10.1. The highest BCUT2D eigenvalue weighted by Gasteiger charge is 2.25. The molecule has 3 rings (SSSR count). The summed E-state index contributed by atoms with van der Waals surface area (Å²) in [7, 11) is 0. The monoisotopic (exact) mass is 288 g/mol. The molecular formula is C17H21FN2O. The second-order valence-corrected chi connectivity index (χ2v) is 5.84. The van der Waals surface area contributed by atoms with Crippen molar-refractivity contribution in [1.82, 2.24) is 10.1 Å². The number of halogens is 1. The third-order valence-corrected chi connectivity index (χ3v) is 4.11. The van der Waals surface area contributed by atoms with Crippen molar-refractivity contribution in [2.45, 2.75) is 45.2 Å². The maximum absolute atomic E-state index is 13.4. The van der Waals surface area contributed by atoms with Crippen LogP contribution in [0.3, 0.4) is 0 Å². The molecule has 0 aliphatic carbocycles. The number of rotatable bonds is 3. The van der Waals surface area contributed by atoms with Crippen molar-refractivity contribution in [3.8, 4) is 0 Å². The molecule has 3 nitrogen and oxygen atoms in total. The molecule has 1 saturated heterocycles. The van der Waals surface area contributed by atoms with E-state index >= 15 is 0 Å². The van der Waals surface area contributed by atoms with Gasteiger partial charge in [-0.1, -0.05) is 30.1 Å². The van der Waals surface area contributed by atoms with Gasteiger partial charge in [0.05, 0.1) is 11.7 Å². The fourth-order valence-corrected chi connectivity index (χ4v) is 3.09. The van der Waals surface area contributed by atoms with Crippen LogP contribution in [0, 0.1) is 12.7 Å². The molecule has 0 radical (unpaired) electrons. The lowest BCUT2D eigenvalue weighted by Crippen LogP contribution is -2.28. The number of benzene rings is 1. The molecule has 2 heterocycles. The molecule has 1 aromatic heterocycles. The molecule has 0 N–H and O–H groups in total. The summed E-state index contributed by atoms with van der Waals surface area (Å²) >= 11 is 0. The van der Waals surface area contributed by atoms with Crippen molar-refractivity contribution in [1.29, 1.82) is 0 Å². The predicted octanol–water partition coefficient (Wildman–Crippen LogP) is 4.24. The van der Waals surface area contributed by atoms with E-state index < -0.39 is 0 Å². The van der Waals surface area contributed by atoms with Crippen LogP contribution in [0.1, 0.15) is 48.7 Å². The molecule has 112 valence electrons. The standard InChI is InChI=1S/C17H21FN2O/c1-13-10-17(21-19-13)16-8-3-2-4-9-20(16)12-14-6-5-7-15(18)11-14/h5-7,10-11,16H,2-4,8-9,12H2,1H3/t16-/m1/s1. The molecule has 4 heteroatoms. The lowest BCUT2D eigenvalue weighted by Gasteiger charge is -2.28. The number of nitrogens with zero attached hydrogens (tertiary/aromatic N) is 2. The van der Waals surface area contributed by atoms with Crippen LogP contribution < -0.4 is 0 Å². The van der Waals surface area contributed by atoms with E-state index in [1.807, 2.05) is 19.1 Å². The van der Waals surface area contributed by atoms with Gasteiger partial charge >= 0.3 is 0 Å². The molecule has 0 saturated carbocycles. The maximum Gasteiger partial charge on any atom is 0.154 e. The van der Waals surface area contributed by atoms with Gasteiger partial charge in [0.15, 0.2) is 5.76 Å². The Kier molecular flexibility index (Phi) is 4.34. The van der Waals surface area contributed by atoms with E-state index in [2.05, 4.69) is 10.1 Å². The van der Waals surface area contributed by atoms with Crippen LogP contribution in [0.25, 0.3) is 0 Å². The SMILES string of the molecule is Cc1cc([C@H]2CCCCCN2Cc2cccc(F)c2)on1. The zero-order chi connectivity index (χ0) is 14.7. The second kappa shape index (κ2) is 6.39. The molecular weight excluding hydrogens is 267 g/mol. The van der Waals surface area contributed by atoms with Gasteiger partial charge in [-0.3, -0.25) is 4.90 Å². The Morgan fingerprint density at radius 3 is 2.95 bits per heavy atom. The average Bonchev–Trinajstić information content (AvgIpc) is 2.75. The van der Waals surface area contributed by atoms with Crippen molar-refractivity contribution in [3.63, 3.8) is 0 Å². The van der Waals surface area contributed by atoms with Gasteiger partial charge in [-0.2, -0.15) is 0 Å². The van der Waals surface area contributed by atoms with Gasteiger partial charge in [0.1, 0.15) is 5.82 Å². The Labute approximate surface area is 124 Å². The first-order valence-corrected chi connectivity index (χ1v) is 7.64. The summed E-state index contributed by atoms with van der Waals surface area (Å²) in [6.07, 6.45) is 4.69. The molecule has 1 aliphatic heterocycles. The third-order valence-electron chi connectivity index (χ3n) is 4.11. The molecule has 1 atom stereocenters. The molecule has 1 aliphatic rings. The first kappa shape index (κ1) is 14.3. The Bertz CT molecular complexity index is 596. The van der Waals surface area contributed by atoms with Crippen molar-refractivity contribution in [3.05, 3.63) is 53.2 Å². The van der Waals surface area contributed by atoms with Crippen LogP contribution in [0.5, 0.6) is 0 Å². The fourth-order valence-electron chi connectivity index (χ4n) is 3.09. The fraction of sp³-hybridized carbons (Fsp3) is 0.471. The van der Waals surface area contributed by atoms with Crippen LogP contribution in [-0.2, 0) is 6.54 Å². The predicted molar refractivity (Wildman–Crippen MR) is 79.3 cm³/mol. The third kappa shape index (κ3) is 3.50. The van der Waals surface area contributed by atoms with Crippen LogP contribution in [0.15, 0.2) is 34.9 Å².